The molecule has 3 nitrogen and oxygen atoms in total. The Morgan fingerprint density at radius 1 is 1.43 bits per heavy atom. The molecule has 1 fully saturated rings. The van der Waals surface area contributed by atoms with Gasteiger partial charge in [-0.3, -0.25) is 0 Å². The van der Waals surface area contributed by atoms with Gasteiger partial charge in [0.2, 0.25) is 0 Å². The molecule has 3 heteroatoms. The Morgan fingerprint density at radius 3 is 2.50 bits per heavy atom. The highest BCUT2D eigenvalue weighted by Gasteiger charge is 2.28. The van der Waals surface area contributed by atoms with Crippen LogP contribution in [-0.4, -0.2) is 44.2 Å². The molecule has 1 heterocycles. The summed E-state index contributed by atoms with van der Waals surface area (Å²) in [7, 11) is 2.20. The minimum absolute atomic E-state index is 0.450. The molecule has 0 amide bonds. The van der Waals surface area contributed by atoms with Gasteiger partial charge in [0.1, 0.15) is 0 Å². The van der Waals surface area contributed by atoms with Crippen molar-refractivity contribution in [3.63, 3.8) is 0 Å². The minimum Gasteiger partial charge on any atom is -0.329 e. The predicted molar refractivity (Wildman–Crippen MR) is 61.4 cm³/mol. The fourth-order valence-electron chi connectivity index (χ4n) is 1.84. The molecule has 0 spiro atoms. The van der Waals surface area contributed by atoms with E-state index in [9.17, 15) is 0 Å². The van der Waals surface area contributed by atoms with Crippen molar-refractivity contribution in [1.29, 1.82) is 0 Å². The summed E-state index contributed by atoms with van der Waals surface area (Å²) >= 11 is 0. The topological polar surface area (TPSA) is 41.3 Å². The van der Waals surface area contributed by atoms with Crippen molar-refractivity contribution >= 4 is 0 Å². The van der Waals surface area contributed by atoms with Crippen LogP contribution in [-0.2, 0) is 0 Å². The molecule has 1 unspecified atom stereocenters. The highest BCUT2D eigenvalue weighted by atomic mass is 15.1. The number of piperidine rings is 1. The van der Waals surface area contributed by atoms with E-state index in [0.29, 0.717) is 11.5 Å². The van der Waals surface area contributed by atoms with Crippen LogP contribution in [0.1, 0.15) is 26.7 Å². The lowest BCUT2D eigenvalue weighted by molar-refractivity contribution is 0.134. The highest BCUT2D eigenvalue weighted by molar-refractivity contribution is 4.84. The summed E-state index contributed by atoms with van der Waals surface area (Å²) in [5.41, 5.74) is 6.06. The Balaban J connectivity index is 2.28. The smallest absolute Gasteiger partial charge is 0.0162 e. The summed E-state index contributed by atoms with van der Waals surface area (Å²) in [4.78, 5) is 2.41. The van der Waals surface area contributed by atoms with Gasteiger partial charge in [-0.1, -0.05) is 6.92 Å². The second-order valence-electron chi connectivity index (χ2n) is 5.13. The van der Waals surface area contributed by atoms with Crippen molar-refractivity contribution in [3.05, 3.63) is 0 Å². The maximum Gasteiger partial charge on any atom is 0.0162 e. The molecule has 1 aliphatic rings. The van der Waals surface area contributed by atoms with Gasteiger partial charge in [0, 0.05) is 19.1 Å². The van der Waals surface area contributed by atoms with Crippen LogP contribution in [0.2, 0.25) is 0 Å². The molecule has 1 saturated heterocycles. The first-order chi connectivity index (χ1) is 6.56. The third-order valence-corrected chi connectivity index (χ3v) is 3.43. The van der Waals surface area contributed by atoms with E-state index in [1.807, 2.05) is 0 Å². The zero-order chi connectivity index (χ0) is 10.6. The lowest BCUT2D eigenvalue weighted by atomic mass is 9.80. The monoisotopic (exact) mass is 199 g/mol. The summed E-state index contributed by atoms with van der Waals surface area (Å²) in [6, 6.07) is 0.450. The molecule has 1 rings (SSSR count). The fourth-order valence-corrected chi connectivity index (χ4v) is 1.84. The van der Waals surface area contributed by atoms with Crippen molar-refractivity contribution < 1.29 is 0 Å². The van der Waals surface area contributed by atoms with Gasteiger partial charge >= 0.3 is 0 Å². The van der Waals surface area contributed by atoms with Gasteiger partial charge in [-0.2, -0.15) is 0 Å². The third-order valence-electron chi connectivity index (χ3n) is 3.43. The van der Waals surface area contributed by atoms with Gasteiger partial charge in [0.15, 0.2) is 0 Å². The zero-order valence-corrected chi connectivity index (χ0v) is 9.84. The molecular weight excluding hydrogens is 174 g/mol. The number of nitrogens with zero attached hydrogens (tertiary/aromatic N) is 1. The zero-order valence-electron chi connectivity index (χ0n) is 9.84. The van der Waals surface area contributed by atoms with Crippen LogP contribution < -0.4 is 11.1 Å². The summed E-state index contributed by atoms with van der Waals surface area (Å²) < 4.78 is 0. The Bertz CT molecular complexity index is 162. The molecule has 0 radical (unpaired) electrons. The van der Waals surface area contributed by atoms with Crippen LogP contribution in [0.15, 0.2) is 0 Å². The standard InChI is InChI=1S/C11H25N3/c1-10(8-12)13-9-11(2)4-6-14(3)7-5-11/h10,13H,4-9,12H2,1-3H3. The first-order valence-corrected chi connectivity index (χ1v) is 5.68. The Labute approximate surface area is 88.0 Å². The van der Waals surface area contributed by atoms with Gasteiger partial charge < -0.3 is 16.0 Å². The number of likely N-dealkylation sites (tertiary alicyclic amines) is 1. The van der Waals surface area contributed by atoms with E-state index in [1.165, 1.54) is 25.9 Å². The maximum absolute atomic E-state index is 5.58. The minimum atomic E-state index is 0.450. The van der Waals surface area contributed by atoms with Gasteiger partial charge in [-0.25, -0.2) is 0 Å². The summed E-state index contributed by atoms with van der Waals surface area (Å²) in [5.74, 6) is 0. The molecule has 14 heavy (non-hydrogen) atoms. The summed E-state index contributed by atoms with van der Waals surface area (Å²) in [5, 5.41) is 3.51. The number of nitrogens with two attached hydrogens (primary N) is 1. The second kappa shape index (κ2) is 5.10. The van der Waals surface area contributed by atoms with Crippen molar-refractivity contribution in [2.75, 3.05) is 33.2 Å². The second-order valence-corrected chi connectivity index (χ2v) is 5.13. The van der Waals surface area contributed by atoms with E-state index in [1.54, 1.807) is 0 Å². The lowest BCUT2D eigenvalue weighted by Crippen LogP contribution is -2.45. The molecule has 3 N–H and O–H groups in total. The van der Waals surface area contributed by atoms with Crippen LogP contribution in [0, 0.1) is 5.41 Å². The summed E-state index contributed by atoms with van der Waals surface area (Å²) in [6.07, 6.45) is 2.60. The molecule has 1 aliphatic heterocycles. The SMILES string of the molecule is CC(CN)NCC1(C)CCN(C)CC1. The Kier molecular flexibility index (Phi) is 4.35. The Hall–Kier alpha value is -0.120. The van der Waals surface area contributed by atoms with Gasteiger partial charge in [0.25, 0.3) is 0 Å². The number of rotatable bonds is 4. The third kappa shape index (κ3) is 3.56. The molecule has 0 aliphatic carbocycles. The first kappa shape index (κ1) is 12.0. The molecule has 0 bridgehead atoms. The van der Waals surface area contributed by atoms with Crippen LogP contribution >= 0.6 is 0 Å². The molecule has 0 aromatic heterocycles. The molecule has 0 aromatic carbocycles. The number of nitrogens with one attached hydrogen (secondary N) is 1. The normalized spacial score (nSPS) is 24.9. The van der Waals surface area contributed by atoms with E-state index in [-0.39, 0.29) is 0 Å². The molecule has 1 atom stereocenters. The number of hydrogen-bond donors (Lipinski definition) is 2. The van der Waals surface area contributed by atoms with Gasteiger partial charge in [-0.05, 0) is 45.3 Å². The van der Waals surface area contributed by atoms with Gasteiger partial charge in [0.05, 0.1) is 0 Å². The van der Waals surface area contributed by atoms with E-state index < -0.39 is 0 Å². The maximum atomic E-state index is 5.58. The van der Waals surface area contributed by atoms with Crippen LogP contribution in [0.25, 0.3) is 0 Å². The predicted octanol–water partition coefficient (Wildman–Crippen LogP) is 0.655. The van der Waals surface area contributed by atoms with Crippen LogP contribution in [0.3, 0.4) is 0 Å². The average molecular weight is 199 g/mol. The van der Waals surface area contributed by atoms with E-state index in [0.717, 1.165) is 13.1 Å². The average Bonchev–Trinajstić information content (AvgIpc) is 2.20. The number of hydrogen-bond acceptors (Lipinski definition) is 3. The van der Waals surface area contributed by atoms with Crippen molar-refractivity contribution in [1.82, 2.24) is 10.2 Å². The van der Waals surface area contributed by atoms with Crippen LogP contribution in [0.4, 0.5) is 0 Å². The quantitative estimate of drug-likeness (QED) is 0.699. The molecule has 0 saturated carbocycles. The summed E-state index contributed by atoms with van der Waals surface area (Å²) in [6.45, 7) is 8.84. The molecular formula is C11H25N3. The van der Waals surface area contributed by atoms with E-state index in [4.69, 9.17) is 5.73 Å². The van der Waals surface area contributed by atoms with Crippen molar-refractivity contribution in [2.24, 2.45) is 11.1 Å². The van der Waals surface area contributed by atoms with Gasteiger partial charge in [-0.15, -0.1) is 0 Å². The fraction of sp³-hybridized carbons (Fsp3) is 1.00. The highest BCUT2D eigenvalue weighted by Crippen LogP contribution is 2.29. The molecule has 84 valence electrons. The van der Waals surface area contributed by atoms with Crippen LogP contribution in [0.5, 0.6) is 0 Å². The Morgan fingerprint density at radius 2 is 2.00 bits per heavy atom. The van der Waals surface area contributed by atoms with Crippen molar-refractivity contribution in [3.8, 4) is 0 Å². The first-order valence-electron chi connectivity index (χ1n) is 5.68. The van der Waals surface area contributed by atoms with E-state index >= 15 is 0 Å². The molecule has 0 aromatic rings. The largest absolute Gasteiger partial charge is 0.329 e. The van der Waals surface area contributed by atoms with Crippen molar-refractivity contribution in [2.45, 2.75) is 32.7 Å². The van der Waals surface area contributed by atoms with E-state index in [2.05, 4.69) is 31.1 Å². The lowest BCUT2D eigenvalue weighted by Gasteiger charge is -2.38.